The van der Waals surface area contributed by atoms with Crippen molar-refractivity contribution in [3.63, 3.8) is 0 Å². The van der Waals surface area contributed by atoms with Crippen LogP contribution in [0.15, 0.2) is 48.5 Å². The molecule has 3 atom stereocenters. The lowest BCUT2D eigenvalue weighted by molar-refractivity contribution is -0.274. The summed E-state index contributed by atoms with van der Waals surface area (Å²) in [6.07, 6.45) is -0.258. The first-order valence-electron chi connectivity index (χ1n) is 11.2. The van der Waals surface area contributed by atoms with Crippen molar-refractivity contribution in [1.82, 2.24) is 5.32 Å². The summed E-state index contributed by atoms with van der Waals surface area (Å²) >= 11 is 0. The molecule has 7 heteroatoms. The maximum Gasteiger partial charge on any atom is 0.573 e. The van der Waals surface area contributed by atoms with E-state index < -0.39 is 11.8 Å². The fraction of sp³-hybridized carbons (Fsp3) is 0.480. The van der Waals surface area contributed by atoms with E-state index in [0.717, 1.165) is 37.8 Å². The van der Waals surface area contributed by atoms with Gasteiger partial charge >= 0.3 is 6.36 Å². The van der Waals surface area contributed by atoms with Crippen LogP contribution in [0.2, 0.25) is 0 Å². The summed E-state index contributed by atoms with van der Waals surface area (Å²) in [4.78, 5) is 13.5. The second-order valence-corrected chi connectivity index (χ2v) is 9.15. The molecule has 1 aliphatic heterocycles. The normalized spacial score (nSPS) is 28.2. The number of halogens is 3. The van der Waals surface area contributed by atoms with Crippen LogP contribution >= 0.6 is 0 Å². The summed E-state index contributed by atoms with van der Waals surface area (Å²) in [6, 6.07) is 14.1. The molecule has 32 heavy (non-hydrogen) atoms. The molecule has 1 N–H and O–H groups in total. The van der Waals surface area contributed by atoms with Crippen LogP contribution in [0.4, 0.5) is 13.2 Å². The van der Waals surface area contributed by atoms with Crippen molar-refractivity contribution in [3.05, 3.63) is 59.7 Å². The summed E-state index contributed by atoms with van der Waals surface area (Å²) in [6.45, 7) is 0.838. The number of ether oxygens (including phenoxy) is 2. The van der Waals surface area contributed by atoms with E-state index in [4.69, 9.17) is 4.74 Å². The number of benzene rings is 2. The SMILES string of the molecule is O=C1C[C@@H](c2cc(OC(F)(F)F)ccc2OC2CC2)C[C@@]12CCCN[C@H]2c1ccccc1. The predicted octanol–water partition coefficient (Wildman–Crippen LogP) is 5.68. The van der Waals surface area contributed by atoms with Crippen molar-refractivity contribution in [2.45, 2.75) is 63.0 Å². The molecule has 0 unspecified atom stereocenters. The Bertz CT molecular complexity index is 990. The monoisotopic (exact) mass is 445 g/mol. The summed E-state index contributed by atoms with van der Waals surface area (Å²) < 4.78 is 48.7. The average Bonchev–Trinajstić information content (AvgIpc) is 3.52. The van der Waals surface area contributed by atoms with Crippen LogP contribution in [-0.2, 0) is 4.79 Å². The fourth-order valence-electron chi connectivity index (χ4n) is 5.38. The Morgan fingerprint density at radius 2 is 1.84 bits per heavy atom. The van der Waals surface area contributed by atoms with Gasteiger partial charge in [0.15, 0.2) is 0 Å². The molecule has 0 amide bonds. The number of rotatable bonds is 5. The topological polar surface area (TPSA) is 47.6 Å². The molecule has 4 nitrogen and oxygen atoms in total. The van der Waals surface area contributed by atoms with Crippen molar-refractivity contribution in [3.8, 4) is 11.5 Å². The van der Waals surface area contributed by atoms with Gasteiger partial charge in [0.25, 0.3) is 0 Å². The minimum Gasteiger partial charge on any atom is -0.490 e. The molecular formula is C25H26F3NO3. The number of ketones is 1. The van der Waals surface area contributed by atoms with E-state index in [1.807, 2.05) is 30.3 Å². The Morgan fingerprint density at radius 1 is 1.06 bits per heavy atom. The van der Waals surface area contributed by atoms with Gasteiger partial charge in [-0.1, -0.05) is 30.3 Å². The van der Waals surface area contributed by atoms with Crippen molar-refractivity contribution >= 4 is 5.78 Å². The molecule has 170 valence electrons. The van der Waals surface area contributed by atoms with Gasteiger partial charge in [-0.2, -0.15) is 0 Å². The number of hydrogen-bond acceptors (Lipinski definition) is 4. The van der Waals surface area contributed by atoms with Crippen LogP contribution < -0.4 is 14.8 Å². The smallest absolute Gasteiger partial charge is 0.490 e. The molecule has 3 fully saturated rings. The van der Waals surface area contributed by atoms with Gasteiger partial charge in [0.2, 0.25) is 0 Å². The number of Topliss-reactive ketones (excluding diaryl/α,β-unsaturated/α-hetero) is 1. The lowest BCUT2D eigenvalue weighted by Crippen LogP contribution is -2.45. The molecule has 1 heterocycles. The Kier molecular flexibility index (Phi) is 5.40. The third-order valence-electron chi connectivity index (χ3n) is 6.90. The summed E-state index contributed by atoms with van der Waals surface area (Å²) in [5, 5.41) is 3.54. The highest BCUT2D eigenvalue weighted by Gasteiger charge is 2.53. The third kappa shape index (κ3) is 4.22. The van der Waals surface area contributed by atoms with Gasteiger partial charge in [-0.15, -0.1) is 13.2 Å². The second-order valence-electron chi connectivity index (χ2n) is 9.15. The largest absolute Gasteiger partial charge is 0.573 e. The highest BCUT2D eigenvalue weighted by atomic mass is 19.4. The van der Waals surface area contributed by atoms with E-state index in [1.165, 1.54) is 12.1 Å². The average molecular weight is 445 g/mol. The summed E-state index contributed by atoms with van der Waals surface area (Å²) in [7, 11) is 0. The van der Waals surface area contributed by atoms with Crippen LogP contribution in [-0.4, -0.2) is 24.8 Å². The lowest BCUT2D eigenvalue weighted by Gasteiger charge is -2.41. The molecule has 2 aromatic rings. The number of alkyl halides is 3. The lowest BCUT2D eigenvalue weighted by atomic mass is 9.69. The molecule has 0 aromatic heterocycles. The molecule has 0 bridgehead atoms. The van der Waals surface area contributed by atoms with Gasteiger partial charge in [0.1, 0.15) is 17.3 Å². The first-order valence-corrected chi connectivity index (χ1v) is 11.2. The van der Waals surface area contributed by atoms with Crippen LogP contribution in [0.3, 0.4) is 0 Å². The quantitative estimate of drug-likeness (QED) is 0.643. The minimum atomic E-state index is -4.77. The zero-order chi connectivity index (χ0) is 22.3. The first-order chi connectivity index (χ1) is 15.3. The molecule has 0 radical (unpaired) electrons. The number of hydrogen-bond donors (Lipinski definition) is 1. The predicted molar refractivity (Wildman–Crippen MR) is 113 cm³/mol. The Balaban J connectivity index is 1.48. The maximum atomic E-state index is 13.5. The Morgan fingerprint density at radius 3 is 2.56 bits per heavy atom. The Labute approximate surface area is 185 Å². The summed E-state index contributed by atoms with van der Waals surface area (Å²) in [5.41, 5.74) is 1.15. The third-order valence-corrected chi connectivity index (χ3v) is 6.90. The molecular weight excluding hydrogens is 419 g/mol. The minimum absolute atomic E-state index is 0.0996. The van der Waals surface area contributed by atoms with Gasteiger partial charge in [-0.05, 0) is 68.3 Å². The zero-order valence-corrected chi connectivity index (χ0v) is 17.7. The van der Waals surface area contributed by atoms with Gasteiger partial charge < -0.3 is 14.8 Å². The highest BCUT2D eigenvalue weighted by molar-refractivity contribution is 5.89. The van der Waals surface area contributed by atoms with E-state index in [0.29, 0.717) is 24.2 Å². The maximum absolute atomic E-state index is 13.5. The number of carbonyl (C=O) groups excluding carboxylic acids is 1. The Hall–Kier alpha value is -2.54. The second kappa shape index (κ2) is 8.10. The molecule has 3 aliphatic rings. The van der Waals surface area contributed by atoms with Crippen LogP contribution in [0.25, 0.3) is 0 Å². The van der Waals surface area contributed by atoms with E-state index in [2.05, 4.69) is 10.1 Å². The standard InChI is InChI=1S/C25H26F3NO3/c26-25(27,28)32-19-9-10-21(31-18-7-8-18)20(14-19)17-13-22(30)24(15-17)11-4-12-29-23(24)16-5-2-1-3-6-16/h1-3,5-6,9-10,14,17-18,23,29H,4,7-8,11-13,15H2/t17-,23+,24+/m1/s1. The molecule has 1 saturated heterocycles. The number of piperidine rings is 1. The molecule has 2 aliphatic carbocycles. The van der Waals surface area contributed by atoms with Gasteiger partial charge in [0.05, 0.1) is 6.10 Å². The van der Waals surface area contributed by atoms with E-state index in [9.17, 15) is 18.0 Å². The first kappa shape index (κ1) is 21.3. The van der Waals surface area contributed by atoms with Crippen LogP contribution in [0.1, 0.15) is 61.6 Å². The number of carbonyl (C=O) groups is 1. The van der Waals surface area contributed by atoms with E-state index in [1.54, 1.807) is 6.07 Å². The van der Waals surface area contributed by atoms with Crippen LogP contribution in [0, 0.1) is 5.41 Å². The summed E-state index contributed by atoms with van der Waals surface area (Å²) in [5.74, 6) is 0.254. The zero-order valence-electron chi connectivity index (χ0n) is 17.7. The highest BCUT2D eigenvalue weighted by Crippen LogP contribution is 2.56. The van der Waals surface area contributed by atoms with Gasteiger partial charge in [-0.3, -0.25) is 4.79 Å². The van der Waals surface area contributed by atoms with Gasteiger partial charge in [0, 0.05) is 23.4 Å². The molecule has 5 rings (SSSR count). The van der Waals surface area contributed by atoms with Crippen LogP contribution in [0.5, 0.6) is 11.5 Å². The van der Waals surface area contributed by atoms with Crippen molar-refractivity contribution < 1.29 is 27.4 Å². The van der Waals surface area contributed by atoms with E-state index in [-0.39, 0.29) is 29.6 Å². The molecule has 2 aromatic carbocycles. The van der Waals surface area contributed by atoms with Crippen molar-refractivity contribution in [1.29, 1.82) is 0 Å². The fourth-order valence-corrected chi connectivity index (χ4v) is 5.38. The van der Waals surface area contributed by atoms with Crippen molar-refractivity contribution in [2.75, 3.05) is 6.54 Å². The van der Waals surface area contributed by atoms with Crippen molar-refractivity contribution in [2.24, 2.45) is 5.41 Å². The van der Waals surface area contributed by atoms with Gasteiger partial charge in [-0.25, -0.2) is 0 Å². The number of nitrogens with one attached hydrogen (secondary N) is 1. The van der Waals surface area contributed by atoms with E-state index >= 15 is 0 Å². The molecule has 1 spiro atoms. The molecule has 2 saturated carbocycles.